The Morgan fingerprint density at radius 1 is 1.54 bits per heavy atom. The van der Waals surface area contributed by atoms with Crippen molar-refractivity contribution in [1.82, 2.24) is 5.32 Å². The van der Waals surface area contributed by atoms with Crippen molar-refractivity contribution in [1.29, 1.82) is 0 Å². The Balaban J connectivity index is 3.90. The van der Waals surface area contributed by atoms with E-state index < -0.39 is 11.9 Å². The molecule has 13 heavy (non-hydrogen) atoms. The number of carbonyl (C=O) groups excluding carboxylic acids is 3. The van der Waals surface area contributed by atoms with Crippen LogP contribution < -0.4 is 11.1 Å². The van der Waals surface area contributed by atoms with Crippen molar-refractivity contribution in [3.8, 4) is 0 Å². The molecule has 5 heteroatoms. The zero-order chi connectivity index (χ0) is 10.3. The van der Waals surface area contributed by atoms with Crippen LogP contribution in [0.4, 0.5) is 0 Å². The molecule has 0 aromatic rings. The van der Waals surface area contributed by atoms with Crippen LogP contribution in [0, 0.1) is 0 Å². The second kappa shape index (κ2) is 6.16. The molecule has 0 bridgehead atoms. The smallest absolute Gasteiger partial charge is 0.223 e. The van der Waals surface area contributed by atoms with E-state index in [4.69, 9.17) is 5.73 Å². The lowest BCUT2D eigenvalue weighted by atomic mass is 10.2. The number of primary amides is 1. The van der Waals surface area contributed by atoms with Crippen molar-refractivity contribution in [2.24, 2.45) is 5.73 Å². The van der Waals surface area contributed by atoms with Gasteiger partial charge in [-0.3, -0.25) is 14.4 Å². The minimum Gasteiger partial charge on any atom is -0.370 e. The first kappa shape index (κ1) is 11.6. The first-order valence-corrected chi connectivity index (χ1v) is 4.05. The first-order valence-electron chi connectivity index (χ1n) is 4.05. The molecular formula is C8H13N2O3. The van der Waals surface area contributed by atoms with Crippen molar-refractivity contribution in [3.05, 3.63) is 0 Å². The van der Waals surface area contributed by atoms with Crippen LogP contribution in [-0.4, -0.2) is 24.1 Å². The third-order valence-electron chi connectivity index (χ3n) is 1.36. The van der Waals surface area contributed by atoms with E-state index in [0.29, 0.717) is 12.8 Å². The molecule has 0 fully saturated rings. The molecule has 0 aliphatic rings. The number of nitrogens with one attached hydrogen (secondary N) is 1. The molecule has 0 spiro atoms. The molecule has 0 unspecified atom stereocenters. The standard InChI is InChI=1S/C8H13N2O3/c1-2-3-8(13)10-6(5-11)4-7(9)12/h6H,2-4H2,1H3,(H2,9,12)(H,10,13)/t6-/m1/s1. The number of carbonyl (C=O) groups is 2. The molecule has 73 valence electrons. The maximum Gasteiger partial charge on any atom is 0.223 e. The highest BCUT2D eigenvalue weighted by molar-refractivity contribution is 5.84. The zero-order valence-corrected chi connectivity index (χ0v) is 7.50. The highest BCUT2D eigenvalue weighted by Gasteiger charge is 2.13. The first-order chi connectivity index (χ1) is 6.10. The molecule has 0 aromatic heterocycles. The zero-order valence-electron chi connectivity index (χ0n) is 7.50. The number of amides is 2. The fraction of sp³-hybridized carbons (Fsp3) is 0.625. The summed E-state index contributed by atoms with van der Waals surface area (Å²) < 4.78 is 0. The van der Waals surface area contributed by atoms with E-state index in [2.05, 4.69) is 5.32 Å². The van der Waals surface area contributed by atoms with Crippen molar-refractivity contribution < 1.29 is 14.4 Å². The maximum absolute atomic E-state index is 11.0. The Kier molecular flexibility index (Phi) is 5.50. The summed E-state index contributed by atoms with van der Waals surface area (Å²) >= 11 is 0. The summed E-state index contributed by atoms with van der Waals surface area (Å²) in [6, 6.07) is -0.906. The van der Waals surface area contributed by atoms with Gasteiger partial charge in [0.1, 0.15) is 6.04 Å². The predicted octanol–water partition coefficient (Wildman–Crippen LogP) is -0.744. The van der Waals surface area contributed by atoms with Gasteiger partial charge in [-0.2, -0.15) is 0 Å². The van der Waals surface area contributed by atoms with Crippen LogP contribution in [0.1, 0.15) is 26.2 Å². The molecule has 0 saturated carbocycles. The van der Waals surface area contributed by atoms with Gasteiger partial charge < -0.3 is 11.1 Å². The maximum atomic E-state index is 11.0. The molecule has 1 atom stereocenters. The number of hydrogen-bond acceptors (Lipinski definition) is 3. The lowest BCUT2D eigenvalue weighted by molar-refractivity contribution is -0.122. The van der Waals surface area contributed by atoms with E-state index in [-0.39, 0.29) is 12.3 Å². The second-order valence-corrected chi connectivity index (χ2v) is 2.66. The predicted molar refractivity (Wildman–Crippen MR) is 46.3 cm³/mol. The summed E-state index contributed by atoms with van der Waals surface area (Å²) in [5, 5.41) is 2.34. The van der Waals surface area contributed by atoms with Crippen molar-refractivity contribution in [2.75, 3.05) is 0 Å². The Hall–Kier alpha value is -1.39. The second-order valence-electron chi connectivity index (χ2n) is 2.66. The van der Waals surface area contributed by atoms with E-state index in [1.165, 1.54) is 6.29 Å². The van der Waals surface area contributed by atoms with Crippen LogP contribution in [0.3, 0.4) is 0 Å². The van der Waals surface area contributed by atoms with Crippen LogP contribution in [-0.2, 0) is 14.4 Å². The van der Waals surface area contributed by atoms with Crippen LogP contribution in [0.5, 0.6) is 0 Å². The Bertz CT molecular complexity index is 204. The molecule has 0 aliphatic carbocycles. The molecule has 0 rings (SSSR count). The molecule has 0 aliphatic heterocycles. The van der Waals surface area contributed by atoms with E-state index in [9.17, 15) is 14.4 Å². The number of hydrogen-bond donors (Lipinski definition) is 2. The van der Waals surface area contributed by atoms with E-state index in [0.717, 1.165) is 0 Å². The average Bonchev–Trinajstić information content (AvgIpc) is 2.02. The minimum atomic E-state index is -0.906. The van der Waals surface area contributed by atoms with Crippen molar-refractivity contribution >= 4 is 18.1 Å². The van der Waals surface area contributed by atoms with Crippen molar-refractivity contribution in [3.63, 3.8) is 0 Å². The van der Waals surface area contributed by atoms with Crippen molar-refractivity contribution in [2.45, 2.75) is 32.2 Å². The van der Waals surface area contributed by atoms with Gasteiger partial charge >= 0.3 is 0 Å². The van der Waals surface area contributed by atoms with Gasteiger partial charge in [0.25, 0.3) is 0 Å². The molecule has 0 heterocycles. The van der Waals surface area contributed by atoms with E-state index >= 15 is 0 Å². The number of nitrogens with two attached hydrogens (primary N) is 1. The fourth-order valence-electron chi connectivity index (χ4n) is 0.817. The van der Waals surface area contributed by atoms with Gasteiger partial charge in [0.05, 0.1) is 6.42 Å². The molecule has 0 aromatic carbocycles. The van der Waals surface area contributed by atoms with Crippen LogP contribution in [0.2, 0.25) is 0 Å². The Labute approximate surface area is 76.7 Å². The highest BCUT2D eigenvalue weighted by atomic mass is 16.2. The summed E-state index contributed by atoms with van der Waals surface area (Å²) in [6.07, 6.45) is 2.36. The SMILES string of the molecule is CCCC(=O)N[C@@H]([C]=O)CC(N)=O. The summed E-state index contributed by atoms with van der Waals surface area (Å²) in [6.45, 7) is 1.84. The van der Waals surface area contributed by atoms with Crippen LogP contribution >= 0.6 is 0 Å². The summed E-state index contributed by atoms with van der Waals surface area (Å²) in [4.78, 5) is 31.6. The van der Waals surface area contributed by atoms with E-state index in [1.807, 2.05) is 6.92 Å². The summed E-state index contributed by atoms with van der Waals surface area (Å²) in [5.41, 5.74) is 4.85. The molecular weight excluding hydrogens is 172 g/mol. The van der Waals surface area contributed by atoms with Gasteiger partial charge in [0.15, 0.2) is 0 Å². The molecule has 2 amide bonds. The van der Waals surface area contributed by atoms with E-state index in [1.54, 1.807) is 0 Å². The largest absolute Gasteiger partial charge is 0.370 e. The lowest BCUT2D eigenvalue weighted by Crippen LogP contribution is -2.38. The van der Waals surface area contributed by atoms with Gasteiger partial charge in [-0.05, 0) is 6.42 Å². The highest BCUT2D eigenvalue weighted by Crippen LogP contribution is 1.91. The third-order valence-corrected chi connectivity index (χ3v) is 1.36. The Morgan fingerprint density at radius 2 is 2.15 bits per heavy atom. The summed E-state index contributed by atoms with van der Waals surface area (Å²) in [7, 11) is 0. The average molecular weight is 185 g/mol. The van der Waals surface area contributed by atoms with Gasteiger partial charge in [-0.25, -0.2) is 0 Å². The summed E-state index contributed by atoms with van der Waals surface area (Å²) in [5.74, 6) is -0.901. The van der Waals surface area contributed by atoms with Gasteiger partial charge in [-0.1, -0.05) is 6.92 Å². The van der Waals surface area contributed by atoms with Crippen LogP contribution in [0.15, 0.2) is 0 Å². The van der Waals surface area contributed by atoms with Crippen LogP contribution in [0.25, 0.3) is 0 Å². The van der Waals surface area contributed by atoms with Gasteiger partial charge in [0.2, 0.25) is 18.1 Å². The van der Waals surface area contributed by atoms with Gasteiger partial charge in [-0.15, -0.1) is 0 Å². The molecule has 1 radical (unpaired) electrons. The molecule has 3 N–H and O–H groups in total. The Morgan fingerprint density at radius 3 is 2.54 bits per heavy atom. The minimum absolute atomic E-state index is 0.195. The normalized spacial score (nSPS) is 11.8. The number of rotatable bonds is 6. The lowest BCUT2D eigenvalue weighted by Gasteiger charge is -2.08. The molecule has 5 nitrogen and oxygen atoms in total. The molecule has 0 saturated heterocycles. The third kappa shape index (κ3) is 5.84. The topological polar surface area (TPSA) is 89.3 Å². The van der Waals surface area contributed by atoms with Gasteiger partial charge in [0, 0.05) is 6.42 Å². The quantitative estimate of drug-likeness (QED) is 0.571. The fourth-order valence-corrected chi connectivity index (χ4v) is 0.817. The monoisotopic (exact) mass is 185 g/mol.